The molecule has 1 aliphatic heterocycles. The Morgan fingerprint density at radius 2 is 1.96 bits per heavy atom. The molecule has 0 spiro atoms. The topological polar surface area (TPSA) is 80.4 Å². The molecule has 1 aromatic heterocycles. The van der Waals surface area contributed by atoms with Crippen LogP contribution in [0.1, 0.15) is 22.9 Å². The van der Waals surface area contributed by atoms with Gasteiger partial charge in [0.05, 0.1) is 7.11 Å². The summed E-state index contributed by atoms with van der Waals surface area (Å²) in [7, 11) is 1.33. The Morgan fingerprint density at radius 3 is 2.64 bits per heavy atom. The highest BCUT2D eigenvalue weighted by atomic mass is 16.6. The van der Waals surface area contributed by atoms with Crippen molar-refractivity contribution < 1.29 is 19.2 Å². The molecule has 2 N–H and O–H groups in total. The molecule has 0 radical (unpaired) electrons. The number of benzene rings is 2. The summed E-state index contributed by atoms with van der Waals surface area (Å²) in [5, 5.41) is 1.03. The van der Waals surface area contributed by atoms with Gasteiger partial charge in [0.1, 0.15) is 5.57 Å². The molecular weight excluding hydrogens is 356 g/mol. The lowest BCUT2D eigenvalue weighted by Gasteiger charge is -2.14. The van der Waals surface area contributed by atoms with Crippen LogP contribution in [0.15, 0.2) is 65.9 Å². The fourth-order valence-corrected chi connectivity index (χ4v) is 3.52. The molecule has 140 valence electrons. The Labute approximate surface area is 161 Å². The fourth-order valence-electron chi connectivity index (χ4n) is 3.52. The Bertz CT molecular complexity index is 1140. The van der Waals surface area contributed by atoms with Crippen molar-refractivity contribution in [2.75, 3.05) is 7.11 Å². The van der Waals surface area contributed by atoms with Gasteiger partial charge < -0.3 is 9.72 Å². The lowest BCUT2D eigenvalue weighted by molar-refractivity contribution is -0.127. The normalized spacial score (nSPS) is 16.2. The number of hydrogen-bond acceptors (Lipinski definition) is 4. The summed E-state index contributed by atoms with van der Waals surface area (Å²) in [6.45, 7) is 2.02. The van der Waals surface area contributed by atoms with Gasteiger partial charge in [-0.05, 0) is 30.2 Å². The molecule has 4 rings (SSSR count). The maximum absolute atomic E-state index is 12.7. The number of nitrogens with one attached hydrogen (secondary N) is 2. The predicted molar refractivity (Wildman–Crippen MR) is 105 cm³/mol. The first-order valence-corrected chi connectivity index (χ1v) is 8.77. The Balaban J connectivity index is 1.98. The highest BCUT2D eigenvalue weighted by Crippen LogP contribution is 2.45. The first-order chi connectivity index (χ1) is 13.6. The maximum Gasteiger partial charge on any atom is 0.279 e. The van der Waals surface area contributed by atoms with E-state index in [9.17, 15) is 9.59 Å². The third kappa shape index (κ3) is 2.91. The monoisotopic (exact) mass is 374 g/mol. The zero-order chi connectivity index (χ0) is 19.7. The van der Waals surface area contributed by atoms with E-state index in [4.69, 9.17) is 9.57 Å². The molecule has 0 saturated carbocycles. The Morgan fingerprint density at radius 1 is 1.18 bits per heavy atom. The van der Waals surface area contributed by atoms with E-state index in [2.05, 4.69) is 10.5 Å². The van der Waals surface area contributed by atoms with Gasteiger partial charge in [-0.25, -0.2) is 10.3 Å². The molecule has 6 nitrogen and oxygen atoms in total. The minimum Gasteiger partial charge on any atom is -0.469 e. The van der Waals surface area contributed by atoms with Gasteiger partial charge in [0, 0.05) is 22.2 Å². The van der Waals surface area contributed by atoms with Crippen LogP contribution in [0.2, 0.25) is 0 Å². The van der Waals surface area contributed by atoms with Gasteiger partial charge in [0.15, 0.2) is 12.0 Å². The van der Waals surface area contributed by atoms with Crippen LogP contribution in [0.3, 0.4) is 0 Å². The molecule has 1 amide bonds. The number of aromatic amines is 1. The van der Waals surface area contributed by atoms with E-state index < -0.39 is 12.0 Å². The van der Waals surface area contributed by atoms with Gasteiger partial charge in [-0.1, -0.05) is 42.5 Å². The van der Waals surface area contributed by atoms with Crippen LogP contribution >= 0.6 is 0 Å². The number of H-pyrrole nitrogens is 1. The maximum atomic E-state index is 12.7. The zero-order valence-electron chi connectivity index (χ0n) is 15.4. The van der Waals surface area contributed by atoms with Crippen molar-refractivity contribution >= 4 is 28.3 Å². The Hall–Kier alpha value is -3.60. The molecule has 0 aliphatic carbocycles. The van der Waals surface area contributed by atoms with Crippen molar-refractivity contribution in [2.24, 2.45) is 0 Å². The Kier molecular flexibility index (Phi) is 4.57. The van der Waals surface area contributed by atoms with E-state index >= 15 is 0 Å². The number of ether oxygens (including phenoxy) is 1. The van der Waals surface area contributed by atoms with Crippen LogP contribution in [0.25, 0.3) is 16.5 Å². The molecular formula is C22H18N2O4. The van der Waals surface area contributed by atoms with E-state index in [1.807, 2.05) is 61.5 Å². The van der Waals surface area contributed by atoms with E-state index in [0.717, 1.165) is 22.0 Å². The number of aryl methyl sites for hydroxylation is 1. The number of carbonyl (C=O) groups is 1. The van der Waals surface area contributed by atoms with Crippen molar-refractivity contribution in [1.82, 2.24) is 10.5 Å². The molecule has 6 heteroatoms. The second-order valence-electron chi connectivity index (χ2n) is 6.48. The molecule has 1 atom stereocenters. The lowest BCUT2D eigenvalue weighted by atomic mass is 9.95. The number of hydrogen-bond donors (Lipinski definition) is 2. The lowest BCUT2D eigenvalue weighted by Crippen LogP contribution is -2.24. The molecule has 28 heavy (non-hydrogen) atoms. The number of fused-ring (bicyclic) bond motifs is 1. The number of hydroxylamine groups is 1. The van der Waals surface area contributed by atoms with Crippen molar-refractivity contribution in [3.05, 3.63) is 82.8 Å². The zero-order valence-corrected chi connectivity index (χ0v) is 15.4. The van der Waals surface area contributed by atoms with Gasteiger partial charge in [-0.2, -0.15) is 0 Å². The minimum absolute atomic E-state index is 0.106. The summed E-state index contributed by atoms with van der Waals surface area (Å²) in [6.07, 6.45) is -0.622. The molecule has 0 fully saturated rings. The predicted octanol–water partition coefficient (Wildman–Crippen LogP) is 3.39. The average Bonchev–Trinajstić information content (AvgIpc) is 3.31. The average molecular weight is 374 g/mol. The minimum atomic E-state index is -0.622. The van der Waals surface area contributed by atoms with Crippen LogP contribution in [0, 0.1) is 6.92 Å². The molecule has 0 saturated heterocycles. The molecule has 2 heterocycles. The van der Waals surface area contributed by atoms with E-state index in [-0.39, 0.29) is 11.3 Å². The quantitative estimate of drug-likeness (QED) is 0.542. The van der Waals surface area contributed by atoms with Crippen molar-refractivity contribution in [3.63, 3.8) is 0 Å². The van der Waals surface area contributed by atoms with Crippen LogP contribution in [0.4, 0.5) is 0 Å². The largest absolute Gasteiger partial charge is 0.469 e. The van der Waals surface area contributed by atoms with Crippen LogP contribution < -0.4 is 5.48 Å². The molecule has 1 unspecified atom stereocenters. The van der Waals surface area contributed by atoms with E-state index in [1.54, 1.807) is 5.94 Å². The van der Waals surface area contributed by atoms with Crippen molar-refractivity contribution in [1.29, 1.82) is 0 Å². The number of amides is 1. The third-order valence-corrected chi connectivity index (χ3v) is 4.78. The summed E-state index contributed by atoms with van der Waals surface area (Å²) >= 11 is 0. The van der Waals surface area contributed by atoms with Gasteiger partial charge in [0.2, 0.25) is 5.76 Å². The standard InChI is InChI=1S/C22H18N2O4/c1-13-7-6-10-16-15(13)11-17(23-16)19-20(22(26)24-27-2)18(12-25)28-21(19)14-8-4-3-5-9-14/h3-11,21,23H,1-2H3,(H,24,26). The second kappa shape index (κ2) is 7.19. The highest BCUT2D eigenvalue weighted by molar-refractivity contribution is 6.08. The SMILES string of the molecule is CONC(=O)C1=C(c2cc3c(C)cccc3[nH]2)C(c2ccccc2)OC1=C=O. The van der Waals surface area contributed by atoms with Crippen molar-refractivity contribution in [3.8, 4) is 0 Å². The van der Waals surface area contributed by atoms with E-state index in [1.165, 1.54) is 7.11 Å². The summed E-state index contributed by atoms with van der Waals surface area (Å²) < 4.78 is 5.85. The van der Waals surface area contributed by atoms with Gasteiger partial charge in [0.25, 0.3) is 5.91 Å². The van der Waals surface area contributed by atoms with Crippen LogP contribution in [-0.4, -0.2) is 23.9 Å². The van der Waals surface area contributed by atoms with Crippen LogP contribution in [-0.2, 0) is 19.2 Å². The molecule has 1 aliphatic rings. The summed E-state index contributed by atoms with van der Waals surface area (Å²) in [5.41, 5.74) is 6.50. The molecule has 0 bridgehead atoms. The second-order valence-corrected chi connectivity index (χ2v) is 6.48. The van der Waals surface area contributed by atoms with Gasteiger partial charge in [-0.15, -0.1) is 0 Å². The highest BCUT2D eigenvalue weighted by Gasteiger charge is 2.38. The number of carbonyl (C=O) groups excluding carboxylic acids is 2. The third-order valence-electron chi connectivity index (χ3n) is 4.78. The summed E-state index contributed by atoms with van der Waals surface area (Å²) in [6, 6.07) is 17.3. The molecule has 3 aromatic rings. The van der Waals surface area contributed by atoms with Gasteiger partial charge >= 0.3 is 0 Å². The van der Waals surface area contributed by atoms with E-state index in [0.29, 0.717) is 11.3 Å². The summed E-state index contributed by atoms with van der Waals surface area (Å²) in [5.74, 6) is 1.04. The summed E-state index contributed by atoms with van der Waals surface area (Å²) in [4.78, 5) is 32.3. The number of rotatable bonds is 4. The smallest absolute Gasteiger partial charge is 0.279 e. The first-order valence-electron chi connectivity index (χ1n) is 8.77. The fraction of sp³-hybridized carbons (Fsp3) is 0.136. The first kappa shape index (κ1) is 17.8. The number of aromatic nitrogens is 1. The molecule has 2 aromatic carbocycles. The van der Waals surface area contributed by atoms with Crippen molar-refractivity contribution in [2.45, 2.75) is 13.0 Å². The van der Waals surface area contributed by atoms with Crippen LogP contribution in [0.5, 0.6) is 0 Å². The van der Waals surface area contributed by atoms with Gasteiger partial charge in [-0.3, -0.25) is 9.63 Å².